The first kappa shape index (κ1) is 16.0. The average Bonchev–Trinajstić information content (AvgIpc) is 3.29. The molecule has 2 aromatic heterocycles. The van der Waals surface area contributed by atoms with E-state index in [9.17, 15) is 9.59 Å². The van der Waals surface area contributed by atoms with Gasteiger partial charge in [-0.1, -0.05) is 18.2 Å². The molecule has 6 nitrogen and oxygen atoms in total. The van der Waals surface area contributed by atoms with Gasteiger partial charge in [-0.3, -0.25) is 9.59 Å². The first-order valence-corrected chi connectivity index (χ1v) is 8.23. The number of furan rings is 2. The van der Waals surface area contributed by atoms with Gasteiger partial charge >= 0.3 is 0 Å². The van der Waals surface area contributed by atoms with Gasteiger partial charge in [0.05, 0.1) is 6.26 Å². The van der Waals surface area contributed by atoms with Crippen LogP contribution >= 0.6 is 0 Å². The molecule has 6 heteroatoms. The van der Waals surface area contributed by atoms with Crippen molar-refractivity contribution < 1.29 is 18.4 Å². The van der Waals surface area contributed by atoms with Crippen molar-refractivity contribution in [2.45, 2.75) is 6.42 Å². The first-order chi connectivity index (χ1) is 12.7. The number of anilines is 1. The van der Waals surface area contributed by atoms with Crippen LogP contribution in [0.4, 0.5) is 5.69 Å². The number of para-hydroxylation sites is 1. The zero-order valence-electron chi connectivity index (χ0n) is 13.8. The van der Waals surface area contributed by atoms with Crippen LogP contribution in [0, 0.1) is 0 Å². The third-order valence-corrected chi connectivity index (χ3v) is 4.04. The normalized spacial score (nSPS) is 10.9. The third kappa shape index (κ3) is 3.17. The highest BCUT2D eigenvalue weighted by Crippen LogP contribution is 2.30. The number of carbonyl (C=O) groups is 2. The van der Waals surface area contributed by atoms with E-state index in [1.165, 1.54) is 6.26 Å². The lowest BCUT2D eigenvalue weighted by Gasteiger charge is -2.06. The SMILES string of the molecule is O=C(CCNC(=O)c1ccco1)Nc1ccc2oc3ccccc3c2c1. The highest BCUT2D eigenvalue weighted by Gasteiger charge is 2.10. The molecule has 2 N–H and O–H groups in total. The molecule has 2 aromatic carbocycles. The van der Waals surface area contributed by atoms with E-state index in [0.29, 0.717) is 5.69 Å². The summed E-state index contributed by atoms with van der Waals surface area (Å²) in [4.78, 5) is 23.8. The van der Waals surface area contributed by atoms with Crippen molar-refractivity contribution in [1.82, 2.24) is 5.32 Å². The molecule has 0 unspecified atom stereocenters. The Hall–Kier alpha value is -3.54. The van der Waals surface area contributed by atoms with Gasteiger partial charge in [-0.25, -0.2) is 0 Å². The highest BCUT2D eigenvalue weighted by atomic mass is 16.3. The zero-order chi connectivity index (χ0) is 17.9. The summed E-state index contributed by atoms with van der Waals surface area (Å²) >= 11 is 0. The van der Waals surface area contributed by atoms with Gasteiger partial charge in [0.1, 0.15) is 11.2 Å². The predicted molar refractivity (Wildman–Crippen MR) is 98.0 cm³/mol. The molecule has 0 fully saturated rings. The van der Waals surface area contributed by atoms with Crippen LogP contribution in [0.2, 0.25) is 0 Å². The van der Waals surface area contributed by atoms with Gasteiger partial charge in [0.15, 0.2) is 5.76 Å². The second kappa shape index (κ2) is 6.76. The second-order valence-corrected chi connectivity index (χ2v) is 5.84. The summed E-state index contributed by atoms with van der Waals surface area (Å²) in [5.41, 5.74) is 2.27. The van der Waals surface area contributed by atoms with E-state index in [2.05, 4.69) is 10.6 Å². The maximum atomic E-state index is 12.1. The molecule has 0 spiro atoms. The Balaban J connectivity index is 1.39. The molecule has 4 rings (SSSR count). The van der Waals surface area contributed by atoms with Crippen LogP contribution < -0.4 is 10.6 Å². The summed E-state index contributed by atoms with van der Waals surface area (Å²) in [5, 5.41) is 7.44. The fourth-order valence-electron chi connectivity index (χ4n) is 2.81. The predicted octanol–water partition coefficient (Wildman–Crippen LogP) is 3.94. The number of carbonyl (C=O) groups excluding carboxylic acids is 2. The van der Waals surface area contributed by atoms with E-state index in [1.807, 2.05) is 36.4 Å². The van der Waals surface area contributed by atoms with Crippen molar-refractivity contribution in [3.8, 4) is 0 Å². The van der Waals surface area contributed by atoms with Crippen LogP contribution in [0.15, 0.2) is 69.7 Å². The fraction of sp³-hybridized carbons (Fsp3) is 0.100. The van der Waals surface area contributed by atoms with Crippen molar-refractivity contribution >= 4 is 39.4 Å². The smallest absolute Gasteiger partial charge is 0.286 e. The molecule has 0 saturated carbocycles. The van der Waals surface area contributed by atoms with Crippen LogP contribution in [0.1, 0.15) is 17.0 Å². The van der Waals surface area contributed by atoms with Gasteiger partial charge in [-0.05, 0) is 36.4 Å². The maximum absolute atomic E-state index is 12.1. The molecule has 0 radical (unpaired) electrons. The lowest BCUT2D eigenvalue weighted by Crippen LogP contribution is -2.27. The van der Waals surface area contributed by atoms with Crippen molar-refractivity contribution in [2.24, 2.45) is 0 Å². The lowest BCUT2D eigenvalue weighted by molar-refractivity contribution is -0.116. The molecule has 0 aliphatic heterocycles. The van der Waals surface area contributed by atoms with E-state index >= 15 is 0 Å². The number of amides is 2. The van der Waals surface area contributed by atoms with Crippen LogP contribution in [0.5, 0.6) is 0 Å². The number of hydrogen-bond acceptors (Lipinski definition) is 4. The van der Waals surface area contributed by atoms with Gasteiger partial charge in [0, 0.05) is 29.4 Å². The molecule has 2 heterocycles. The Bertz CT molecular complexity index is 1080. The largest absolute Gasteiger partial charge is 0.459 e. The van der Waals surface area contributed by atoms with Crippen molar-refractivity contribution in [3.63, 3.8) is 0 Å². The fourth-order valence-corrected chi connectivity index (χ4v) is 2.81. The van der Waals surface area contributed by atoms with Crippen molar-refractivity contribution in [3.05, 3.63) is 66.6 Å². The number of benzene rings is 2. The van der Waals surface area contributed by atoms with Gasteiger partial charge in [0.2, 0.25) is 5.91 Å². The third-order valence-electron chi connectivity index (χ3n) is 4.04. The van der Waals surface area contributed by atoms with Crippen LogP contribution in [0.25, 0.3) is 21.9 Å². The Morgan fingerprint density at radius 2 is 1.77 bits per heavy atom. The standard InChI is InChI=1S/C20H16N2O4/c23-19(9-10-21-20(24)18-6-3-11-25-18)22-13-7-8-17-15(12-13)14-4-1-2-5-16(14)26-17/h1-8,11-12H,9-10H2,(H,21,24)(H,22,23). The van der Waals surface area contributed by atoms with Crippen molar-refractivity contribution in [2.75, 3.05) is 11.9 Å². The maximum Gasteiger partial charge on any atom is 0.286 e. The summed E-state index contributed by atoms with van der Waals surface area (Å²) in [7, 11) is 0. The average molecular weight is 348 g/mol. The molecular formula is C20H16N2O4. The molecule has 0 aliphatic carbocycles. The zero-order valence-corrected chi connectivity index (χ0v) is 13.8. The summed E-state index contributed by atoms with van der Waals surface area (Å²) in [6.07, 6.45) is 1.59. The van der Waals surface area contributed by atoms with E-state index < -0.39 is 0 Å². The molecule has 0 saturated heterocycles. The summed E-state index contributed by atoms with van der Waals surface area (Å²) < 4.78 is 10.8. The minimum atomic E-state index is -0.339. The molecule has 0 aliphatic rings. The Labute approximate surface area is 148 Å². The minimum Gasteiger partial charge on any atom is -0.459 e. The Kier molecular flexibility index (Phi) is 4.15. The Morgan fingerprint density at radius 1 is 0.923 bits per heavy atom. The quantitative estimate of drug-likeness (QED) is 0.572. The number of hydrogen-bond donors (Lipinski definition) is 2. The van der Waals surface area contributed by atoms with Gasteiger partial charge in [-0.15, -0.1) is 0 Å². The molecule has 0 atom stereocenters. The monoisotopic (exact) mass is 348 g/mol. The van der Waals surface area contributed by atoms with Crippen LogP contribution in [-0.2, 0) is 4.79 Å². The van der Waals surface area contributed by atoms with Gasteiger partial charge in [0.25, 0.3) is 5.91 Å². The Morgan fingerprint density at radius 3 is 2.62 bits per heavy atom. The molecule has 26 heavy (non-hydrogen) atoms. The lowest BCUT2D eigenvalue weighted by atomic mass is 10.1. The number of rotatable bonds is 5. The summed E-state index contributed by atoms with van der Waals surface area (Å²) in [5.74, 6) is -0.298. The first-order valence-electron chi connectivity index (χ1n) is 8.23. The van der Waals surface area contributed by atoms with Gasteiger partial charge in [-0.2, -0.15) is 0 Å². The van der Waals surface area contributed by atoms with Gasteiger partial charge < -0.3 is 19.5 Å². The number of fused-ring (bicyclic) bond motifs is 3. The van der Waals surface area contributed by atoms with Crippen LogP contribution in [-0.4, -0.2) is 18.4 Å². The highest BCUT2D eigenvalue weighted by molar-refractivity contribution is 6.07. The molecule has 0 bridgehead atoms. The van der Waals surface area contributed by atoms with E-state index in [0.717, 1.165) is 21.9 Å². The van der Waals surface area contributed by atoms with Crippen LogP contribution in [0.3, 0.4) is 0 Å². The van der Waals surface area contributed by atoms with Crippen molar-refractivity contribution in [1.29, 1.82) is 0 Å². The molecule has 4 aromatic rings. The molecular weight excluding hydrogens is 332 g/mol. The summed E-state index contributed by atoms with van der Waals surface area (Å²) in [6.45, 7) is 0.224. The molecule has 2 amide bonds. The van der Waals surface area contributed by atoms with E-state index in [1.54, 1.807) is 18.2 Å². The number of nitrogens with one attached hydrogen (secondary N) is 2. The van der Waals surface area contributed by atoms with E-state index in [4.69, 9.17) is 8.83 Å². The summed E-state index contributed by atoms with van der Waals surface area (Å²) in [6, 6.07) is 16.5. The van der Waals surface area contributed by atoms with E-state index in [-0.39, 0.29) is 30.5 Å². The second-order valence-electron chi connectivity index (χ2n) is 5.84. The topological polar surface area (TPSA) is 84.5 Å². The molecule has 130 valence electrons. The minimum absolute atomic E-state index is 0.163.